The number of hydrogen-bond donors (Lipinski definition) is 2. The van der Waals surface area contributed by atoms with Crippen LogP contribution in [-0.4, -0.2) is 25.5 Å². The van der Waals surface area contributed by atoms with Gasteiger partial charge in [0.25, 0.3) is 0 Å². The van der Waals surface area contributed by atoms with Crippen LogP contribution >= 0.6 is 0 Å². The highest BCUT2D eigenvalue weighted by atomic mass is 19.1. The molecule has 0 bridgehead atoms. The summed E-state index contributed by atoms with van der Waals surface area (Å²) in [5, 5.41) is 2.45. The van der Waals surface area contributed by atoms with Gasteiger partial charge < -0.3 is 15.8 Å². The highest BCUT2D eigenvalue weighted by molar-refractivity contribution is 5.90. The largest absolute Gasteiger partial charge is 0.462 e. The quantitative estimate of drug-likeness (QED) is 0.468. The third kappa shape index (κ3) is 4.04. The van der Waals surface area contributed by atoms with Gasteiger partial charge in [-0.1, -0.05) is 0 Å². The number of hydrogen-bond acceptors (Lipinski definition) is 4. The summed E-state index contributed by atoms with van der Waals surface area (Å²) >= 11 is 0. The first kappa shape index (κ1) is 14.0. The highest BCUT2D eigenvalue weighted by Crippen LogP contribution is 2.13. The molecule has 0 spiro atoms. The van der Waals surface area contributed by atoms with Crippen molar-refractivity contribution < 1.29 is 18.7 Å². The lowest BCUT2D eigenvalue weighted by molar-refractivity contribution is -0.120. The van der Waals surface area contributed by atoms with Crippen LogP contribution in [0.3, 0.4) is 0 Å². The number of halogens is 1. The van der Waals surface area contributed by atoms with E-state index in [4.69, 9.17) is 10.5 Å². The number of amides is 1. The van der Waals surface area contributed by atoms with Gasteiger partial charge in [-0.05, 0) is 24.6 Å². The van der Waals surface area contributed by atoms with Gasteiger partial charge in [0.1, 0.15) is 5.82 Å². The van der Waals surface area contributed by atoms with Gasteiger partial charge in [-0.3, -0.25) is 4.79 Å². The molecular weight excluding hydrogens is 239 g/mol. The molecule has 0 aliphatic carbocycles. The number of ether oxygens (including phenoxy) is 1. The second kappa shape index (κ2) is 6.58. The lowest BCUT2D eigenvalue weighted by atomic mass is 10.2. The van der Waals surface area contributed by atoms with Gasteiger partial charge in [0, 0.05) is 19.2 Å². The van der Waals surface area contributed by atoms with Crippen LogP contribution in [0.15, 0.2) is 18.2 Å². The standard InChI is InChI=1S/C12H15FN2O3/c1-15-11(16)3-2-6-18-12(17)9-5-4-8(14)7-10(9)13/h4-5,7H,2-3,6,14H2,1H3,(H,15,16). The molecule has 0 heterocycles. The maximum atomic E-state index is 13.3. The Hall–Kier alpha value is -2.11. The van der Waals surface area contributed by atoms with Gasteiger partial charge in [-0.15, -0.1) is 0 Å². The summed E-state index contributed by atoms with van der Waals surface area (Å²) in [7, 11) is 1.53. The predicted molar refractivity (Wildman–Crippen MR) is 64.4 cm³/mol. The normalized spacial score (nSPS) is 9.89. The molecular formula is C12H15FN2O3. The number of nitrogens with two attached hydrogens (primary N) is 1. The molecule has 98 valence electrons. The number of rotatable bonds is 5. The highest BCUT2D eigenvalue weighted by Gasteiger charge is 2.13. The predicted octanol–water partition coefficient (Wildman–Crippen LogP) is 1.09. The molecule has 18 heavy (non-hydrogen) atoms. The van der Waals surface area contributed by atoms with E-state index in [1.165, 1.54) is 19.2 Å². The van der Waals surface area contributed by atoms with Gasteiger partial charge in [-0.2, -0.15) is 0 Å². The summed E-state index contributed by atoms with van der Waals surface area (Å²) in [6.07, 6.45) is 0.649. The number of anilines is 1. The maximum absolute atomic E-state index is 13.3. The average molecular weight is 254 g/mol. The van der Waals surface area contributed by atoms with Crippen molar-refractivity contribution in [3.05, 3.63) is 29.6 Å². The lowest BCUT2D eigenvalue weighted by Gasteiger charge is -2.05. The zero-order valence-electron chi connectivity index (χ0n) is 10.0. The number of nitrogen functional groups attached to an aromatic ring is 1. The summed E-state index contributed by atoms with van der Waals surface area (Å²) in [5.74, 6) is -1.61. The van der Waals surface area contributed by atoms with Crippen LogP contribution in [0.2, 0.25) is 0 Å². The van der Waals surface area contributed by atoms with Crippen molar-refractivity contribution in [2.24, 2.45) is 0 Å². The minimum atomic E-state index is -0.760. The summed E-state index contributed by atoms with van der Waals surface area (Å²) in [5.41, 5.74) is 5.44. The Kier molecular flexibility index (Phi) is 5.10. The Balaban J connectivity index is 2.43. The zero-order valence-corrected chi connectivity index (χ0v) is 10.0. The third-order valence-corrected chi connectivity index (χ3v) is 2.27. The first-order chi connectivity index (χ1) is 8.54. The molecule has 0 saturated heterocycles. The van der Waals surface area contributed by atoms with E-state index in [2.05, 4.69) is 5.32 Å². The molecule has 6 heteroatoms. The third-order valence-electron chi connectivity index (χ3n) is 2.27. The summed E-state index contributed by atoms with van der Waals surface area (Å²) < 4.78 is 18.2. The van der Waals surface area contributed by atoms with Crippen LogP contribution in [0.1, 0.15) is 23.2 Å². The van der Waals surface area contributed by atoms with Crippen LogP contribution in [0, 0.1) is 5.82 Å². The number of benzene rings is 1. The Morgan fingerprint density at radius 1 is 1.44 bits per heavy atom. The van der Waals surface area contributed by atoms with Crippen molar-refractivity contribution in [2.45, 2.75) is 12.8 Å². The molecule has 1 amide bonds. The van der Waals surface area contributed by atoms with Crippen molar-refractivity contribution in [2.75, 3.05) is 19.4 Å². The van der Waals surface area contributed by atoms with Crippen molar-refractivity contribution in [3.63, 3.8) is 0 Å². The molecule has 1 aromatic rings. The molecule has 0 aliphatic heterocycles. The first-order valence-electron chi connectivity index (χ1n) is 5.47. The Labute approximate surface area is 104 Å². The van der Waals surface area contributed by atoms with E-state index in [1.807, 2.05) is 0 Å². The SMILES string of the molecule is CNC(=O)CCCOC(=O)c1ccc(N)cc1F. The van der Waals surface area contributed by atoms with Crippen LogP contribution in [0.25, 0.3) is 0 Å². The van der Waals surface area contributed by atoms with Crippen LogP contribution in [0.5, 0.6) is 0 Å². The van der Waals surface area contributed by atoms with E-state index >= 15 is 0 Å². The molecule has 1 aromatic carbocycles. The monoisotopic (exact) mass is 254 g/mol. The van der Waals surface area contributed by atoms with E-state index in [0.29, 0.717) is 6.42 Å². The summed E-state index contributed by atoms with van der Waals surface area (Å²) in [6, 6.07) is 3.75. The number of nitrogens with one attached hydrogen (secondary N) is 1. The minimum absolute atomic E-state index is 0.0655. The molecule has 0 atom stereocenters. The summed E-state index contributed by atoms with van der Waals surface area (Å²) in [6.45, 7) is 0.0655. The molecule has 0 unspecified atom stereocenters. The van der Waals surface area contributed by atoms with Crippen molar-refractivity contribution in [3.8, 4) is 0 Å². The fourth-order valence-electron chi connectivity index (χ4n) is 1.30. The van der Waals surface area contributed by atoms with E-state index < -0.39 is 11.8 Å². The fraction of sp³-hybridized carbons (Fsp3) is 0.333. The molecule has 0 saturated carbocycles. The summed E-state index contributed by atoms with van der Waals surface area (Å²) in [4.78, 5) is 22.4. The zero-order chi connectivity index (χ0) is 13.5. The molecule has 5 nitrogen and oxygen atoms in total. The van der Waals surface area contributed by atoms with Gasteiger partial charge in [0.15, 0.2) is 0 Å². The van der Waals surface area contributed by atoms with E-state index in [1.54, 1.807) is 0 Å². The average Bonchev–Trinajstić information content (AvgIpc) is 2.34. The molecule has 0 aromatic heterocycles. The number of carbonyl (C=O) groups is 2. The Morgan fingerprint density at radius 3 is 2.78 bits per heavy atom. The van der Waals surface area contributed by atoms with Gasteiger partial charge >= 0.3 is 5.97 Å². The fourth-order valence-corrected chi connectivity index (χ4v) is 1.30. The van der Waals surface area contributed by atoms with Crippen LogP contribution in [0.4, 0.5) is 10.1 Å². The maximum Gasteiger partial charge on any atom is 0.341 e. The molecule has 0 aliphatic rings. The van der Waals surface area contributed by atoms with E-state index in [-0.39, 0.29) is 30.2 Å². The minimum Gasteiger partial charge on any atom is -0.462 e. The van der Waals surface area contributed by atoms with E-state index in [0.717, 1.165) is 6.07 Å². The number of esters is 1. The topological polar surface area (TPSA) is 81.4 Å². The second-order valence-corrected chi connectivity index (χ2v) is 3.65. The van der Waals surface area contributed by atoms with Crippen molar-refractivity contribution in [1.29, 1.82) is 0 Å². The van der Waals surface area contributed by atoms with Gasteiger partial charge in [-0.25, -0.2) is 9.18 Å². The second-order valence-electron chi connectivity index (χ2n) is 3.65. The smallest absolute Gasteiger partial charge is 0.341 e. The van der Waals surface area contributed by atoms with Crippen molar-refractivity contribution >= 4 is 17.6 Å². The number of carbonyl (C=O) groups excluding carboxylic acids is 2. The van der Waals surface area contributed by atoms with Crippen molar-refractivity contribution in [1.82, 2.24) is 5.32 Å². The van der Waals surface area contributed by atoms with Gasteiger partial charge in [0.05, 0.1) is 12.2 Å². The molecule has 0 radical (unpaired) electrons. The lowest BCUT2D eigenvalue weighted by Crippen LogP contribution is -2.18. The van der Waals surface area contributed by atoms with Crippen LogP contribution in [-0.2, 0) is 9.53 Å². The molecule has 0 fully saturated rings. The first-order valence-corrected chi connectivity index (χ1v) is 5.47. The molecule has 3 N–H and O–H groups in total. The Morgan fingerprint density at radius 2 is 2.17 bits per heavy atom. The van der Waals surface area contributed by atoms with Gasteiger partial charge in [0.2, 0.25) is 5.91 Å². The Bertz CT molecular complexity index is 449. The van der Waals surface area contributed by atoms with E-state index in [9.17, 15) is 14.0 Å². The van der Waals surface area contributed by atoms with Crippen LogP contribution < -0.4 is 11.1 Å². The molecule has 1 rings (SSSR count).